The number of ketones is 1. The summed E-state index contributed by atoms with van der Waals surface area (Å²) >= 11 is 0. The molecule has 4 aliphatic rings. The Hall–Kier alpha value is -2.66. The molecule has 2 aliphatic carbocycles. The van der Waals surface area contributed by atoms with Crippen molar-refractivity contribution in [3.05, 3.63) is 47.1 Å². The van der Waals surface area contributed by atoms with Crippen LogP contribution < -0.4 is 0 Å². The van der Waals surface area contributed by atoms with Crippen LogP contribution in [0.5, 0.6) is 0 Å². The number of unbranched alkanes of at least 4 members (excludes halogenated alkanes) is 3. The highest BCUT2D eigenvalue weighted by molar-refractivity contribution is 6.74. The van der Waals surface area contributed by atoms with Crippen LogP contribution in [0.15, 0.2) is 47.1 Å². The molecule has 6 atom stereocenters. The average molecular weight is 657 g/mol. The monoisotopic (exact) mass is 656 g/mol. The lowest BCUT2D eigenvalue weighted by Crippen LogP contribution is -2.53. The van der Waals surface area contributed by atoms with Crippen molar-refractivity contribution in [2.45, 2.75) is 122 Å². The van der Waals surface area contributed by atoms with Crippen molar-refractivity contribution < 1.29 is 43.3 Å². The number of carbonyl (C=O) groups is 4. The van der Waals surface area contributed by atoms with E-state index in [4.69, 9.17) is 13.9 Å². The van der Waals surface area contributed by atoms with Crippen LogP contribution in [0.4, 0.5) is 0 Å². The van der Waals surface area contributed by atoms with Crippen LogP contribution in [0.1, 0.15) is 92.4 Å². The maximum atomic E-state index is 13.9. The number of hydrogen-bond acceptors (Lipinski definition) is 9. The van der Waals surface area contributed by atoms with Gasteiger partial charge in [-0.3, -0.25) is 9.59 Å². The third-order valence-corrected chi connectivity index (χ3v) is 15.4. The van der Waals surface area contributed by atoms with E-state index < -0.39 is 62.0 Å². The summed E-state index contributed by atoms with van der Waals surface area (Å²) in [6, 6.07) is 0. The molecule has 2 aliphatic heterocycles. The molecule has 0 amide bonds. The molecule has 0 radical (unpaired) electrons. The third kappa shape index (κ3) is 6.55. The summed E-state index contributed by atoms with van der Waals surface area (Å²) in [4.78, 5) is 53.9. The summed E-state index contributed by atoms with van der Waals surface area (Å²) in [6.45, 7) is 13.7. The van der Waals surface area contributed by atoms with Gasteiger partial charge in [0.1, 0.15) is 11.5 Å². The van der Waals surface area contributed by atoms with Gasteiger partial charge in [0.25, 0.3) is 0 Å². The number of aliphatic hydroxyl groups is 2. The highest BCUT2D eigenvalue weighted by Gasteiger charge is 2.71. The number of carbonyl (C=O) groups excluding carboxylic acids is 4. The van der Waals surface area contributed by atoms with E-state index in [0.717, 1.165) is 25.7 Å². The molecular weight excluding hydrogens is 604 g/mol. The van der Waals surface area contributed by atoms with Crippen molar-refractivity contribution >= 4 is 32.0 Å². The Morgan fingerprint density at radius 2 is 1.76 bits per heavy atom. The Labute approximate surface area is 274 Å². The number of ether oxygens (including phenoxy) is 2. The quantitative estimate of drug-likeness (QED) is 0.0713. The van der Waals surface area contributed by atoms with Crippen LogP contribution in [-0.4, -0.2) is 60.7 Å². The molecule has 0 aromatic heterocycles. The fourth-order valence-electron chi connectivity index (χ4n) is 7.30. The molecule has 1 saturated heterocycles. The molecule has 2 N–H and O–H groups in total. The van der Waals surface area contributed by atoms with Gasteiger partial charge in [-0.15, -0.1) is 0 Å². The fourth-order valence-corrected chi connectivity index (χ4v) is 8.60. The second kappa shape index (κ2) is 13.8. The number of rotatable bonds is 15. The van der Waals surface area contributed by atoms with E-state index in [1.807, 2.05) is 38.2 Å². The number of aliphatic hydroxyl groups excluding tert-OH is 1. The van der Waals surface area contributed by atoms with Crippen molar-refractivity contribution in [2.75, 3.05) is 6.61 Å². The standard InChI is InChI=1S/C36H52O9Si/c1-8-10-12-13-14-16-17-23-19-28-35(22-37)21-25-29(32(40)43-31(25)39)30(36(28,42)44-33(35)41)24(23)20-27(26(38)18-15-11-9-2)45-46(6,7)34(3,4)5/h8-11,19,23-24,27,30,37,42H,12-18,20-22H2,1-7H3/b10-8+,11-9+/t23-,24+,27-,30+,35-,36+/m1/s1. The zero-order valence-electron chi connectivity index (χ0n) is 28.5. The van der Waals surface area contributed by atoms with E-state index in [9.17, 15) is 29.4 Å². The van der Waals surface area contributed by atoms with Crippen LogP contribution >= 0.6 is 0 Å². The second-order valence-corrected chi connectivity index (χ2v) is 19.6. The maximum Gasteiger partial charge on any atom is 0.343 e. The van der Waals surface area contributed by atoms with Gasteiger partial charge in [-0.2, -0.15) is 0 Å². The van der Waals surface area contributed by atoms with Crippen molar-refractivity contribution in [3.8, 4) is 0 Å². The summed E-state index contributed by atoms with van der Waals surface area (Å²) < 4.78 is 17.6. The SMILES string of the molecule is C/C=C/CCCCC[C@@H]1C=C2[C@]3(CO)CC4=C(C(=O)OC4=O)[C@H]([C@H]1C[C@@H](O[Si](C)(C)C(C)(C)C)C(=O)CC/C=C/C)[C@@]2(O)OC3=O. The number of Topliss-reactive ketones (excluding diaryl/α,β-unsaturated/α-hetero) is 1. The first-order chi connectivity index (χ1) is 21.6. The largest absolute Gasteiger partial charge is 0.428 e. The summed E-state index contributed by atoms with van der Waals surface area (Å²) in [5.74, 6) is -7.01. The normalized spacial score (nSPS) is 30.1. The Bertz CT molecular complexity index is 1350. The Kier molecular flexibility index (Phi) is 10.9. The molecule has 0 saturated carbocycles. The minimum Gasteiger partial charge on any atom is -0.428 e. The molecule has 0 aromatic carbocycles. The van der Waals surface area contributed by atoms with Crippen molar-refractivity contribution in [3.63, 3.8) is 0 Å². The minimum absolute atomic E-state index is 0.0131. The van der Waals surface area contributed by atoms with Gasteiger partial charge in [0.2, 0.25) is 5.79 Å². The lowest BCUT2D eigenvalue weighted by atomic mass is 9.61. The van der Waals surface area contributed by atoms with Gasteiger partial charge in [0, 0.05) is 18.4 Å². The van der Waals surface area contributed by atoms with Crippen LogP contribution in [0.2, 0.25) is 18.1 Å². The predicted molar refractivity (Wildman–Crippen MR) is 175 cm³/mol. The predicted octanol–water partition coefficient (Wildman–Crippen LogP) is 6.02. The Balaban J connectivity index is 1.85. The lowest BCUT2D eigenvalue weighted by Gasteiger charge is -2.46. The molecule has 0 unspecified atom stereocenters. The van der Waals surface area contributed by atoms with E-state index in [1.165, 1.54) is 0 Å². The number of cyclic esters (lactones) is 2. The highest BCUT2D eigenvalue weighted by Crippen LogP contribution is 2.63. The van der Waals surface area contributed by atoms with Gasteiger partial charge in [0.05, 0.1) is 23.7 Å². The molecule has 10 heteroatoms. The molecule has 0 spiro atoms. The number of hydrogen-bond donors (Lipinski definition) is 2. The molecule has 46 heavy (non-hydrogen) atoms. The average Bonchev–Trinajstić information content (AvgIpc) is 3.34. The van der Waals surface area contributed by atoms with E-state index in [0.29, 0.717) is 12.8 Å². The summed E-state index contributed by atoms with van der Waals surface area (Å²) in [7, 11) is -2.49. The van der Waals surface area contributed by atoms with E-state index >= 15 is 0 Å². The van der Waals surface area contributed by atoms with Gasteiger partial charge in [-0.25, -0.2) is 9.59 Å². The van der Waals surface area contributed by atoms with Crippen molar-refractivity contribution in [1.82, 2.24) is 0 Å². The molecule has 0 aromatic rings. The van der Waals surface area contributed by atoms with E-state index in [1.54, 1.807) is 0 Å². The van der Waals surface area contributed by atoms with E-state index in [-0.39, 0.29) is 52.7 Å². The van der Waals surface area contributed by atoms with Gasteiger partial charge in [0.15, 0.2) is 14.1 Å². The molecule has 2 heterocycles. The third-order valence-electron chi connectivity index (χ3n) is 10.9. The molecule has 254 valence electrons. The minimum atomic E-state index is -2.49. The second-order valence-electron chi connectivity index (χ2n) is 14.8. The Morgan fingerprint density at radius 3 is 2.39 bits per heavy atom. The topological polar surface area (TPSA) is 136 Å². The van der Waals surface area contributed by atoms with Crippen molar-refractivity contribution in [2.24, 2.45) is 23.2 Å². The summed E-state index contributed by atoms with van der Waals surface area (Å²) in [5.41, 5.74) is -1.54. The summed E-state index contributed by atoms with van der Waals surface area (Å²) in [6.07, 6.45) is 14.0. The van der Waals surface area contributed by atoms with Gasteiger partial charge in [-0.05, 0) is 75.9 Å². The van der Waals surface area contributed by atoms with Crippen LogP contribution in [-0.2, 0) is 33.1 Å². The maximum absolute atomic E-state index is 13.9. The zero-order valence-corrected chi connectivity index (χ0v) is 29.5. The smallest absolute Gasteiger partial charge is 0.343 e. The van der Waals surface area contributed by atoms with E-state index in [2.05, 4.69) is 39.9 Å². The number of fused-ring (bicyclic) bond motifs is 1. The van der Waals surface area contributed by atoms with Crippen LogP contribution in [0.3, 0.4) is 0 Å². The highest BCUT2D eigenvalue weighted by atomic mass is 28.4. The Morgan fingerprint density at radius 1 is 1.09 bits per heavy atom. The first-order valence-electron chi connectivity index (χ1n) is 16.8. The first-order valence-corrected chi connectivity index (χ1v) is 19.7. The van der Waals surface area contributed by atoms with Gasteiger partial charge >= 0.3 is 17.9 Å². The summed E-state index contributed by atoms with van der Waals surface area (Å²) in [5, 5.41) is 22.8. The zero-order chi connectivity index (χ0) is 34.1. The first kappa shape index (κ1) is 36.2. The van der Waals surface area contributed by atoms with Crippen LogP contribution in [0, 0.1) is 23.2 Å². The van der Waals surface area contributed by atoms with Crippen LogP contribution in [0.25, 0.3) is 0 Å². The van der Waals surface area contributed by atoms with Crippen molar-refractivity contribution in [1.29, 1.82) is 0 Å². The molecule has 4 rings (SSSR count). The van der Waals surface area contributed by atoms with Gasteiger partial charge in [-0.1, -0.05) is 64.0 Å². The fraction of sp³-hybridized carbons (Fsp3) is 0.667. The number of esters is 3. The molecular formula is C36H52O9Si. The number of allylic oxidation sites excluding steroid dienone is 5. The lowest BCUT2D eigenvalue weighted by molar-refractivity contribution is -0.206. The molecule has 1 fully saturated rings. The molecule has 9 nitrogen and oxygen atoms in total. The molecule has 4 bridgehead atoms. The van der Waals surface area contributed by atoms with Gasteiger partial charge < -0.3 is 24.1 Å².